The van der Waals surface area contributed by atoms with Gasteiger partial charge in [0, 0.05) is 273 Å². The Morgan fingerprint density at radius 1 is 0.267 bits per heavy atom. The number of phenolic OH excluding ortho intramolecular Hbond substituents is 6. The second kappa shape index (κ2) is 48.6. The number of anilines is 6. The summed E-state index contributed by atoms with van der Waals surface area (Å²) in [6.07, 6.45) is 7.94. The zero-order valence-electron chi connectivity index (χ0n) is 61.4. The van der Waals surface area contributed by atoms with Gasteiger partial charge in [0.25, 0.3) is 0 Å². The second-order valence-electron chi connectivity index (χ2n) is 21.8. The Morgan fingerprint density at radius 2 is 0.381 bits per heavy atom. The van der Waals surface area contributed by atoms with Crippen molar-refractivity contribution in [1.29, 1.82) is 31.6 Å². The van der Waals surface area contributed by atoms with Crippen LogP contribution in [0.15, 0.2) is 173 Å². The van der Waals surface area contributed by atoms with Gasteiger partial charge in [-0.05, 0) is 156 Å². The predicted molar refractivity (Wildman–Crippen MR) is 410 cm³/mol. The van der Waals surface area contributed by atoms with Crippen LogP contribution in [0.3, 0.4) is 0 Å². The first-order chi connectivity index (χ1) is 49.2. The largest absolute Gasteiger partial charge is 0.507 e. The van der Waals surface area contributed by atoms with Crippen molar-refractivity contribution in [2.45, 2.75) is 83.1 Å². The van der Waals surface area contributed by atoms with Crippen LogP contribution in [0.1, 0.15) is 116 Å². The fourth-order valence-electron chi connectivity index (χ4n) is 10.2. The van der Waals surface area contributed by atoms with E-state index in [1.54, 1.807) is 72.8 Å². The number of nitriles is 6. The topological polar surface area (TPSA) is 358 Å². The SMILES string of the molecule is CCN(CC)c1ccc(C=NC(C#N)=C(C#N)N=Cc2ccc(N(CC)CC)cc2O)c(O)c1.CCN(CC)c1ccc(C=NC(C#N)=C(C#N)N=Cc2ccc(N(CC)CC)cc2O)c(O)c1.CCN(CC)c1ccc(C=NC(C#N)=C(C#N)N=Cc2ccc(N(CC)CC)cc2O)c(O)c1.[Cu].[Ni].[Zn]. The molecule has 551 valence electrons. The third-order valence-electron chi connectivity index (χ3n) is 16.2. The van der Waals surface area contributed by atoms with Gasteiger partial charge in [-0.15, -0.1) is 0 Å². The molecule has 0 fully saturated rings. The first kappa shape index (κ1) is 91.7. The number of rotatable bonds is 30. The van der Waals surface area contributed by atoms with Gasteiger partial charge in [-0.1, -0.05) is 0 Å². The molecule has 24 nitrogen and oxygen atoms in total. The van der Waals surface area contributed by atoms with E-state index in [1.807, 2.05) is 156 Å². The summed E-state index contributed by atoms with van der Waals surface area (Å²) in [6.45, 7) is 34.1. The molecule has 0 aromatic heterocycles. The van der Waals surface area contributed by atoms with Crippen LogP contribution < -0.4 is 29.4 Å². The van der Waals surface area contributed by atoms with Crippen molar-refractivity contribution in [2.75, 3.05) is 108 Å². The van der Waals surface area contributed by atoms with E-state index in [4.69, 9.17) is 0 Å². The van der Waals surface area contributed by atoms with Crippen molar-refractivity contribution in [2.24, 2.45) is 30.0 Å². The number of benzene rings is 6. The van der Waals surface area contributed by atoms with Crippen molar-refractivity contribution in [3.8, 4) is 70.9 Å². The first-order valence-electron chi connectivity index (χ1n) is 33.6. The normalized spacial score (nSPS) is 11.5. The summed E-state index contributed by atoms with van der Waals surface area (Å²) >= 11 is 0. The number of aliphatic imine (C=N–C) groups is 6. The molecule has 0 aliphatic heterocycles. The maximum atomic E-state index is 10.3. The minimum absolute atomic E-state index is 0. The number of hydrogen-bond acceptors (Lipinski definition) is 24. The molecular formula is C78H90CuN18NiO6Zn. The second-order valence-corrected chi connectivity index (χ2v) is 21.8. The van der Waals surface area contributed by atoms with Crippen LogP contribution in [-0.4, -0.2) is 146 Å². The van der Waals surface area contributed by atoms with Gasteiger partial charge in [0.15, 0.2) is 34.2 Å². The predicted octanol–water partition coefficient (Wildman–Crippen LogP) is 13.8. The molecule has 0 heterocycles. The number of aromatic hydroxyl groups is 6. The summed E-state index contributed by atoms with van der Waals surface area (Å²) in [7, 11) is 0. The molecule has 0 unspecified atom stereocenters. The Kier molecular flexibility index (Phi) is 42.5. The molecule has 0 amide bonds. The van der Waals surface area contributed by atoms with Crippen LogP contribution in [0.4, 0.5) is 34.1 Å². The van der Waals surface area contributed by atoms with Crippen LogP contribution in [0.5, 0.6) is 34.5 Å². The summed E-state index contributed by atoms with van der Waals surface area (Å²) in [4.78, 5) is 37.0. The van der Waals surface area contributed by atoms with Gasteiger partial charge in [0.2, 0.25) is 0 Å². The van der Waals surface area contributed by atoms with Crippen LogP contribution in [-0.2, 0) is 53.0 Å². The van der Waals surface area contributed by atoms with E-state index in [1.165, 1.54) is 37.3 Å². The third-order valence-corrected chi connectivity index (χ3v) is 16.2. The van der Waals surface area contributed by atoms with E-state index in [0.717, 1.165) is 113 Å². The van der Waals surface area contributed by atoms with Gasteiger partial charge in [0.05, 0.1) is 0 Å². The Morgan fingerprint density at radius 3 is 0.467 bits per heavy atom. The smallest absolute Gasteiger partial charge is 0.176 e. The van der Waals surface area contributed by atoms with Crippen molar-refractivity contribution < 1.29 is 83.7 Å². The molecule has 0 aliphatic rings. The molecule has 6 N–H and O–H groups in total. The average Bonchev–Trinajstić information content (AvgIpc) is 0.878. The molecule has 27 heteroatoms. The van der Waals surface area contributed by atoms with E-state index in [9.17, 15) is 62.2 Å². The fourth-order valence-corrected chi connectivity index (χ4v) is 10.2. The molecule has 0 aliphatic carbocycles. The Bertz CT molecular complexity index is 3680. The number of phenols is 6. The van der Waals surface area contributed by atoms with Gasteiger partial charge in [-0.3, -0.25) is 0 Å². The van der Waals surface area contributed by atoms with Crippen LogP contribution in [0, 0.1) is 68.0 Å². The fraction of sp³-hybridized carbons (Fsp3) is 0.308. The summed E-state index contributed by atoms with van der Waals surface area (Å²) in [5, 5.41) is 119. The molecule has 0 bridgehead atoms. The zero-order valence-corrected chi connectivity index (χ0v) is 66.3. The van der Waals surface area contributed by atoms with Crippen LogP contribution in [0.25, 0.3) is 0 Å². The average molecular weight is 1560 g/mol. The summed E-state index contributed by atoms with van der Waals surface area (Å²) < 4.78 is 0. The third kappa shape index (κ3) is 26.8. The Hall–Kier alpha value is -11.3. The summed E-state index contributed by atoms with van der Waals surface area (Å²) in [6, 6.07) is 42.4. The van der Waals surface area contributed by atoms with Crippen molar-refractivity contribution in [1.82, 2.24) is 0 Å². The quantitative estimate of drug-likeness (QED) is 0.0139. The molecule has 6 aromatic rings. The standard InChI is InChI=1S/3C26H30N6O2.Cu.Ni.Zn/c3*1-5-31(6-2)21-11-9-19(25(33)13-21)17-29-23(15-27)24(16-28)30-18-20-10-12-22(14-26(20)34)32(7-3)8-4;;;/h3*9-14,17-18,33-34H,5-8H2,1-4H3;;;. The van der Waals surface area contributed by atoms with Crippen molar-refractivity contribution in [3.05, 3.63) is 177 Å². The molecule has 6 aromatic carbocycles. The van der Waals surface area contributed by atoms with Gasteiger partial charge >= 0.3 is 0 Å². The van der Waals surface area contributed by atoms with Crippen LogP contribution in [0.2, 0.25) is 0 Å². The maximum Gasteiger partial charge on any atom is 0.176 e. The molecule has 0 saturated carbocycles. The molecule has 6 rings (SSSR count). The van der Waals surface area contributed by atoms with Gasteiger partial charge in [0.1, 0.15) is 70.9 Å². The number of allylic oxidation sites excluding steroid dienone is 6. The molecule has 0 saturated heterocycles. The van der Waals surface area contributed by atoms with Gasteiger partial charge < -0.3 is 60.0 Å². The van der Waals surface area contributed by atoms with E-state index in [-0.39, 0.29) is 122 Å². The summed E-state index contributed by atoms with van der Waals surface area (Å²) in [5.74, 6) is 0.115. The van der Waals surface area contributed by atoms with Crippen molar-refractivity contribution in [3.63, 3.8) is 0 Å². The molecule has 1 radical (unpaired) electrons. The zero-order chi connectivity index (χ0) is 75.3. The number of nitrogens with zero attached hydrogens (tertiary/aromatic N) is 18. The van der Waals surface area contributed by atoms with Gasteiger partial charge in [-0.25, -0.2) is 30.0 Å². The maximum absolute atomic E-state index is 10.3. The van der Waals surface area contributed by atoms with E-state index < -0.39 is 0 Å². The minimum atomic E-state index is -0.203. The number of hydrogen-bond donors (Lipinski definition) is 6. The van der Waals surface area contributed by atoms with E-state index >= 15 is 0 Å². The van der Waals surface area contributed by atoms with Gasteiger partial charge in [-0.2, -0.15) is 31.6 Å². The molecule has 105 heavy (non-hydrogen) atoms. The Balaban J connectivity index is 0.000000776. The molecule has 0 spiro atoms. The first-order valence-corrected chi connectivity index (χ1v) is 33.6. The van der Waals surface area contributed by atoms with Crippen molar-refractivity contribution >= 4 is 71.4 Å². The van der Waals surface area contributed by atoms with E-state index in [2.05, 4.69) is 59.4 Å². The minimum Gasteiger partial charge on any atom is -0.507 e. The Labute approximate surface area is 651 Å². The molecule has 0 atom stereocenters. The monoisotopic (exact) mass is 1560 g/mol. The molecular weight excluding hydrogens is 1470 g/mol. The summed E-state index contributed by atoms with van der Waals surface area (Å²) in [5.41, 5.74) is 6.53. The van der Waals surface area contributed by atoms with Crippen LogP contribution >= 0.6 is 0 Å². The van der Waals surface area contributed by atoms with E-state index in [0.29, 0.717) is 33.4 Å².